The molecule has 5 nitrogen and oxygen atoms in total. The highest BCUT2D eigenvalue weighted by molar-refractivity contribution is 5.92. The van der Waals surface area contributed by atoms with E-state index in [1.54, 1.807) is 21.7 Å². The van der Waals surface area contributed by atoms with Gasteiger partial charge in [0.1, 0.15) is 0 Å². The Labute approximate surface area is 100 Å². The van der Waals surface area contributed by atoms with Gasteiger partial charge < -0.3 is 10.0 Å². The molecule has 0 aromatic carbocycles. The topological polar surface area (TPSA) is 58.4 Å². The van der Waals surface area contributed by atoms with Crippen molar-refractivity contribution in [2.45, 2.75) is 20.0 Å². The summed E-state index contributed by atoms with van der Waals surface area (Å²) in [6.45, 7) is 4.77. The second-order valence-electron chi connectivity index (χ2n) is 4.44. The van der Waals surface area contributed by atoms with Gasteiger partial charge in [-0.25, -0.2) is 0 Å². The predicted octanol–water partition coefficient (Wildman–Crippen LogP) is 0.253. The molecule has 1 aliphatic rings. The summed E-state index contributed by atoms with van der Waals surface area (Å²) in [6.07, 6.45) is 2.99. The number of carbonyl (C=O) groups excluding carboxylic acids is 1. The van der Waals surface area contributed by atoms with Gasteiger partial charge in [0, 0.05) is 37.5 Å². The summed E-state index contributed by atoms with van der Waals surface area (Å²) in [5, 5.41) is 13.4. The number of amides is 1. The number of hydrogen-bond acceptors (Lipinski definition) is 3. The molecule has 1 fully saturated rings. The van der Waals surface area contributed by atoms with Gasteiger partial charge in [0.05, 0.1) is 11.8 Å². The van der Waals surface area contributed by atoms with Crippen LogP contribution < -0.4 is 0 Å². The van der Waals surface area contributed by atoms with Crippen LogP contribution in [0.2, 0.25) is 0 Å². The third kappa shape index (κ3) is 2.24. The van der Waals surface area contributed by atoms with Crippen molar-refractivity contribution < 1.29 is 9.90 Å². The number of hydrogen-bond donors (Lipinski definition) is 1. The molecule has 0 spiro atoms. The first kappa shape index (κ1) is 11.9. The van der Waals surface area contributed by atoms with E-state index in [0.717, 1.165) is 17.0 Å². The molecule has 1 aromatic heterocycles. The van der Waals surface area contributed by atoms with E-state index in [9.17, 15) is 4.79 Å². The van der Waals surface area contributed by atoms with E-state index in [4.69, 9.17) is 5.11 Å². The van der Waals surface area contributed by atoms with E-state index < -0.39 is 0 Å². The first-order chi connectivity index (χ1) is 7.99. The molecule has 0 aliphatic carbocycles. The summed E-state index contributed by atoms with van der Waals surface area (Å²) < 4.78 is 1.80. The first-order valence-corrected chi connectivity index (χ1v) is 5.64. The number of nitrogens with zero attached hydrogens (tertiary/aromatic N) is 3. The second-order valence-corrected chi connectivity index (χ2v) is 4.44. The van der Waals surface area contributed by atoms with Crippen molar-refractivity contribution in [3.8, 4) is 0 Å². The number of β-amino-alcohol motifs (C(OH)–C–C–N with tert-alkyl or cyclic N) is 1. The van der Waals surface area contributed by atoms with E-state index >= 15 is 0 Å². The van der Waals surface area contributed by atoms with E-state index in [1.807, 2.05) is 20.9 Å². The fraction of sp³-hybridized carbons (Fsp3) is 0.500. The molecule has 17 heavy (non-hydrogen) atoms. The SMILES string of the molecule is Cc1nn(C)c(C)c1C=CC(=O)N1CC(O)C1. The largest absolute Gasteiger partial charge is 0.389 e. The molecule has 0 unspecified atom stereocenters. The molecule has 0 bridgehead atoms. The molecule has 0 saturated carbocycles. The Bertz CT molecular complexity index is 470. The lowest BCUT2D eigenvalue weighted by Crippen LogP contribution is -2.52. The molecular weight excluding hydrogens is 218 g/mol. The smallest absolute Gasteiger partial charge is 0.246 e. The van der Waals surface area contributed by atoms with Gasteiger partial charge in [0.2, 0.25) is 5.91 Å². The molecule has 1 saturated heterocycles. The molecule has 1 aliphatic heterocycles. The maximum absolute atomic E-state index is 11.7. The zero-order valence-corrected chi connectivity index (χ0v) is 10.3. The lowest BCUT2D eigenvalue weighted by atomic mass is 10.1. The van der Waals surface area contributed by atoms with Crippen molar-refractivity contribution >= 4 is 12.0 Å². The van der Waals surface area contributed by atoms with Gasteiger partial charge >= 0.3 is 0 Å². The van der Waals surface area contributed by atoms with Crippen molar-refractivity contribution in [3.63, 3.8) is 0 Å². The van der Waals surface area contributed by atoms with Gasteiger partial charge in [-0.15, -0.1) is 0 Å². The zero-order valence-electron chi connectivity index (χ0n) is 10.3. The number of likely N-dealkylation sites (tertiary alicyclic amines) is 1. The van der Waals surface area contributed by atoms with E-state index in [1.165, 1.54) is 0 Å². The van der Waals surface area contributed by atoms with Gasteiger partial charge in [-0.1, -0.05) is 0 Å². The Morgan fingerprint density at radius 2 is 2.12 bits per heavy atom. The van der Waals surface area contributed by atoms with Crippen LogP contribution in [0, 0.1) is 13.8 Å². The van der Waals surface area contributed by atoms with Gasteiger partial charge in [-0.2, -0.15) is 5.10 Å². The Kier molecular flexibility index (Phi) is 3.02. The van der Waals surface area contributed by atoms with Crippen LogP contribution in [-0.2, 0) is 11.8 Å². The molecule has 1 amide bonds. The lowest BCUT2D eigenvalue weighted by molar-refractivity contribution is -0.135. The summed E-state index contributed by atoms with van der Waals surface area (Å²) in [7, 11) is 1.88. The highest BCUT2D eigenvalue weighted by atomic mass is 16.3. The minimum atomic E-state index is -0.353. The van der Waals surface area contributed by atoms with E-state index in [2.05, 4.69) is 5.10 Å². The van der Waals surface area contributed by atoms with Crippen LogP contribution in [0.1, 0.15) is 17.0 Å². The van der Waals surface area contributed by atoms with Crippen LogP contribution in [0.3, 0.4) is 0 Å². The van der Waals surface area contributed by atoms with Crippen LogP contribution in [0.15, 0.2) is 6.08 Å². The van der Waals surface area contributed by atoms with Crippen molar-refractivity contribution in [1.29, 1.82) is 0 Å². The van der Waals surface area contributed by atoms with E-state index in [0.29, 0.717) is 13.1 Å². The quantitative estimate of drug-likeness (QED) is 0.748. The average molecular weight is 235 g/mol. The molecule has 2 heterocycles. The third-order valence-corrected chi connectivity index (χ3v) is 3.13. The fourth-order valence-corrected chi connectivity index (χ4v) is 1.93. The Morgan fingerprint density at radius 3 is 2.59 bits per heavy atom. The molecule has 1 aromatic rings. The monoisotopic (exact) mass is 235 g/mol. The predicted molar refractivity (Wildman–Crippen MR) is 64.3 cm³/mol. The molecule has 2 rings (SSSR count). The summed E-state index contributed by atoms with van der Waals surface area (Å²) in [5.74, 6) is -0.0575. The Morgan fingerprint density at radius 1 is 1.47 bits per heavy atom. The first-order valence-electron chi connectivity index (χ1n) is 5.64. The summed E-state index contributed by atoms with van der Waals surface area (Å²) in [5.41, 5.74) is 2.94. The maximum Gasteiger partial charge on any atom is 0.246 e. The lowest BCUT2D eigenvalue weighted by Gasteiger charge is -2.34. The van der Waals surface area contributed by atoms with Gasteiger partial charge in [-0.05, 0) is 19.9 Å². The number of aliphatic hydroxyl groups excluding tert-OH is 1. The summed E-state index contributed by atoms with van der Waals surface area (Å²) in [4.78, 5) is 13.3. The van der Waals surface area contributed by atoms with Gasteiger partial charge in [-0.3, -0.25) is 9.48 Å². The van der Waals surface area contributed by atoms with Crippen molar-refractivity contribution in [2.24, 2.45) is 7.05 Å². The number of rotatable bonds is 2. The number of aromatic nitrogens is 2. The van der Waals surface area contributed by atoms with Crippen LogP contribution >= 0.6 is 0 Å². The van der Waals surface area contributed by atoms with Crippen molar-refractivity contribution in [3.05, 3.63) is 23.0 Å². The normalized spacial score (nSPS) is 16.6. The molecule has 5 heteroatoms. The van der Waals surface area contributed by atoms with Crippen molar-refractivity contribution in [1.82, 2.24) is 14.7 Å². The van der Waals surface area contributed by atoms with Crippen LogP contribution in [0.4, 0.5) is 0 Å². The van der Waals surface area contributed by atoms with Crippen molar-refractivity contribution in [2.75, 3.05) is 13.1 Å². The van der Waals surface area contributed by atoms with Crippen LogP contribution in [-0.4, -0.2) is 44.9 Å². The standard InChI is InChI=1S/C12H17N3O2/c1-8-11(9(2)14(3)13-8)4-5-12(17)15-6-10(16)7-15/h4-5,10,16H,6-7H2,1-3H3. The minimum Gasteiger partial charge on any atom is -0.389 e. The molecule has 0 radical (unpaired) electrons. The summed E-state index contributed by atoms with van der Waals surface area (Å²) >= 11 is 0. The van der Waals surface area contributed by atoms with Gasteiger partial charge in [0.25, 0.3) is 0 Å². The fourth-order valence-electron chi connectivity index (χ4n) is 1.93. The van der Waals surface area contributed by atoms with E-state index in [-0.39, 0.29) is 12.0 Å². The third-order valence-electron chi connectivity index (χ3n) is 3.13. The number of aryl methyl sites for hydroxylation is 2. The molecule has 92 valence electrons. The second kappa shape index (κ2) is 4.33. The minimum absolute atomic E-state index is 0.0575. The van der Waals surface area contributed by atoms with Crippen LogP contribution in [0.5, 0.6) is 0 Å². The molecule has 0 atom stereocenters. The zero-order chi connectivity index (χ0) is 12.6. The Balaban J connectivity index is 2.07. The average Bonchev–Trinajstić information content (AvgIpc) is 2.46. The highest BCUT2D eigenvalue weighted by Gasteiger charge is 2.27. The summed E-state index contributed by atoms with van der Waals surface area (Å²) in [6, 6.07) is 0. The van der Waals surface area contributed by atoms with Crippen LogP contribution in [0.25, 0.3) is 6.08 Å². The molecular formula is C12H17N3O2. The highest BCUT2D eigenvalue weighted by Crippen LogP contribution is 2.15. The maximum atomic E-state index is 11.7. The number of carbonyl (C=O) groups is 1. The van der Waals surface area contributed by atoms with Gasteiger partial charge in [0.15, 0.2) is 0 Å². The molecule has 1 N–H and O–H groups in total. The number of aliphatic hydroxyl groups is 1. The Hall–Kier alpha value is -1.62.